The number of nitrogens with zero attached hydrogens (tertiary/aromatic N) is 1. The second-order valence-electron chi connectivity index (χ2n) is 12.1. The predicted molar refractivity (Wildman–Crippen MR) is 170 cm³/mol. The molecular formula is C36H30BNO4. The van der Waals surface area contributed by atoms with Gasteiger partial charge >= 0.3 is 7.12 Å². The molecule has 8 rings (SSSR count). The molecule has 0 bridgehead atoms. The Labute approximate surface area is 245 Å². The lowest BCUT2D eigenvalue weighted by Gasteiger charge is -2.33. The Morgan fingerprint density at radius 2 is 1.24 bits per heavy atom. The van der Waals surface area contributed by atoms with Crippen LogP contribution in [-0.4, -0.2) is 18.3 Å². The van der Waals surface area contributed by atoms with Crippen LogP contribution in [0.4, 0.5) is 17.1 Å². The Morgan fingerprint density at radius 1 is 0.571 bits per heavy atom. The van der Waals surface area contributed by atoms with Crippen molar-refractivity contribution in [3.63, 3.8) is 0 Å². The summed E-state index contributed by atoms with van der Waals surface area (Å²) in [5.74, 6) is 1.57. The second-order valence-corrected chi connectivity index (χ2v) is 12.1. The van der Waals surface area contributed by atoms with Gasteiger partial charge in [-0.15, -0.1) is 0 Å². The lowest BCUT2D eigenvalue weighted by atomic mass is 9.78. The van der Waals surface area contributed by atoms with Gasteiger partial charge in [0.2, 0.25) is 0 Å². The van der Waals surface area contributed by atoms with Gasteiger partial charge in [-0.1, -0.05) is 72.8 Å². The lowest BCUT2D eigenvalue weighted by Crippen LogP contribution is -2.41. The van der Waals surface area contributed by atoms with Gasteiger partial charge in [0.25, 0.3) is 0 Å². The fourth-order valence-corrected chi connectivity index (χ4v) is 5.95. The van der Waals surface area contributed by atoms with E-state index in [1.54, 1.807) is 0 Å². The zero-order valence-corrected chi connectivity index (χ0v) is 24.0. The summed E-state index contributed by atoms with van der Waals surface area (Å²) in [6.07, 6.45) is 0. The van der Waals surface area contributed by atoms with Gasteiger partial charge in [-0.2, -0.15) is 0 Å². The summed E-state index contributed by atoms with van der Waals surface area (Å²) < 4.78 is 25.6. The Bertz CT molecular complexity index is 1990. The molecule has 42 heavy (non-hydrogen) atoms. The highest BCUT2D eigenvalue weighted by molar-refractivity contribution is 6.62. The van der Waals surface area contributed by atoms with Crippen LogP contribution in [0.25, 0.3) is 33.1 Å². The molecule has 1 fully saturated rings. The van der Waals surface area contributed by atoms with Gasteiger partial charge in [0.05, 0.1) is 28.3 Å². The Morgan fingerprint density at radius 3 is 2.10 bits per heavy atom. The molecule has 5 aromatic carbocycles. The minimum atomic E-state index is -0.421. The highest BCUT2D eigenvalue weighted by Crippen LogP contribution is 2.53. The van der Waals surface area contributed by atoms with Crippen LogP contribution in [0.2, 0.25) is 0 Å². The third-order valence-electron chi connectivity index (χ3n) is 8.90. The van der Waals surface area contributed by atoms with Crippen molar-refractivity contribution in [2.24, 2.45) is 0 Å². The van der Waals surface area contributed by atoms with E-state index in [9.17, 15) is 0 Å². The largest absolute Gasteiger partial charge is 0.494 e. The zero-order valence-electron chi connectivity index (χ0n) is 24.0. The topological polar surface area (TPSA) is 44.1 Å². The van der Waals surface area contributed by atoms with Crippen LogP contribution in [-0.2, 0) is 9.31 Å². The Balaban J connectivity index is 1.23. The minimum Gasteiger partial charge on any atom is -0.454 e. The summed E-state index contributed by atoms with van der Waals surface area (Å²) in [7, 11) is -0.421. The van der Waals surface area contributed by atoms with E-state index in [0.29, 0.717) is 0 Å². The molecule has 5 nitrogen and oxygen atoms in total. The van der Waals surface area contributed by atoms with Crippen LogP contribution in [0.1, 0.15) is 27.7 Å². The van der Waals surface area contributed by atoms with Crippen LogP contribution in [0.15, 0.2) is 114 Å². The van der Waals surface area contributed by atoms with Crippen LogP contribution in [0, 0.1) is 0 Å². The zero-order chi connectivity index (χ0) is 28.6. The van der Waals surface area contributed by atoms with E-state index in [4.69, 9.17) is 18.5 Å². The number of fused-ring (bicyclic) bond motifs is 5. The summed E-state index contributed by atoms with van der Waals surface area (Å²) in [6, 6.07) is 37.4. The van der Waals surface area contributed by atoms with Crippen LogP contribution in [0.3, 0.4) is 0 Å². The van der Waals surface area contributed by atoms with Crippen molar-refractivity contribution in [2.75, 3.05) is 4.90 Å². The summed E-state index contributed by atoms with van der Waals surface area (Å²) in [5, 5.41) is 2.19. The first-order valence-electron chi connectivity index (χ1n) is 14.4. The average molecular weight is 551 g/mol. The van der Waals surface area contributed by atoms with Gasteiger partial charge in [0.15, 0.2) is 17.1 Å². The quantitative estimate of drug-likeness (QED) is 0.205. The number of hydrogen-bond donors (Lipinski definition) is 0. The van der Waals surface area contributed by atoms with E-state index in [1.807, 2.05) is 36.4 Å². The molecule has 2 aliphatic rings. The van der Waals surface area contributed by atoms with Crippen molar-refractivity contribution in [2.45, 2.75) is 38.9 Å². The number of ether oxygens (including phenoxy) is 1. The second kappa shape index (κ2) is 8.99. The molecule has 0 spiro atoms. The van der Waals surface area contributed by atoms with E-state index in [2.05, 4.69) is 105 Å². The summed E-state index contributed by atoms with van der Waals surface area (Å²) in [5.41, 5.74) is 6.93. The molecule has 0 atom stereocenters. The van der Waals surface area contributed by atoms with Crippen LogP contribution in [0.5, 0.6) is 11.5 Å². The van der Waals surface area contributed by atoms with Crippen LogP contribution >= 0.6 is 0 Å². The standard InChI is InChI=1S/C36H30BNO4/c1-35(2)36(3,4)42-37(41-35)25-12-9-11-23(21-25)24-19-20-29-33(22-24)39-32-18-8-6-15-28(32)38(29)30-16-10-14-27-26-13-5-7-17-31(26)40-34(27)30/h5-22H,1-4H3. The lowest BCUT2D eigenvalue weighted by molar-refractivity contribution is 0.00578. The minimum absolute atomic E-state index is 0.396. The molecule has 2 aliphatic heterocycles. The normalized spacial score (nSPS) is 16.9. The SMILES string of the molecule is CC1(C)OB(c2cccc(-c3ccc4c(c3)Oc3ccccc3N4c3cccc4c3oc3ccccc34)c2)OC1(C)C. The maximum Gasteiger partial charge on any atom is 0.494 e. The van der Waals surface area contributed by atoms with E-state index in [1.165, 1.54) is 0 Å². The highest BCUT2D eigenvalue weighted by Gasteiger charge is 2.51. The fourth-order valence-electron chi connectivity index (χ4n) is 5.95. The molecule has 3 heterocycles. The van der Waals surface area contributed by atoms with Gasteiger partial charge < -0.3 is 18.5 Å². The first-order chi connectivity index (χ1) is 20.3. The fraction of sp³-hybridized carbons (Fsp3) is 0.167. The van der Waals surface area contributed by atoms with Gasteiger partial charge in [-0.25, -0.2) is 0 Å². The van der Waals surface area contributed by atoms with Crippen molar-refractivity contribution in [3.8, 4) is 22.6 Å². The smallest absolute Gasteiger partial charge is 0.454 e. The first-order valence-corrected chi connectivity index (χ1v) is 14.4. The number of furan rings is 1. The van der Waals surface area contributed by atoms with Gasteiger partial charge in [-0.3, -0.25) is 4.90 Å². The maximum absolute atomic E-state index is 6.53. The molecule has 0 aliphatic carbocycles. The first kappa shape index (κ1) is 25.2. The number of benzene rings is 5. The third kappa shape index (κ3) is 3.79. The Hall–Kier alpha value is -4.52. The maximum atomic E-state index is 6.53. The summed E-state index contributed by atoms with van der Waals surface area (Å²) in [4.78, 5) is 2.24. The molecule has 0 unspecified atom stereocenters. The molecule has 1 saturated heterocycles. The molecule has 0 N–H and O–H groups in total. The molecular weight excluding hydrogens is 521 g/mol. The van der Waals surface area contributed by atoms with Crippen molar-refractivity contribution in [1.29, 1.82) is 0 Å². The van der Waals surface area contributed by atoms with E-state index in [-0.39, 0.29) is 0 Å². The van der Waals surface area contributed by atoms with Gasteiger partial charge in [-0.05, 0) is 80.7 Å². The van der Waals surface area contributed by atoms with Crippen molar-refractivity contribution < 1.29 is 18.5 Å². The van der Waals surface area contributed by atoms with Gasteiger partial charge in [0, 0.05) is 10.8 Å². The number of rotatable bonds is 3. The number of hydrogen-bond acceptors (Lipinski definition) is 5. The molecule has 6 heteroatoms. The molecule has 0 radical (unpaired) electrons. The number of para-hydroxylation sites is 4. The predicted octanol–water partition coefficient (Wildman–Crippen LogP) is 9.13. The summed E-state index contributed by atoms with van der Waals surface area (Å²) in [6.45, 7) is 8.31. The highest BCUT2D eigenvalue weighted by atomic mass is 16.7. The number of anilines is 3. The van der Waals surface area contributed by atoms with Crippen molar-refractivity contribution in [3.05, 3.63) is 109 Å². The Kier molecular flexibility index (Phi) is 5.40. The molecule has 0 saturated carbocycles. The molecule has 206 valence electrons. The van der Waals surface area contributed by atoms with Crippen molar-refractivity contribution >= 4 is 51.6 Å². The molecule has 1 aromatic heterocycles. The average Bonchev–Trinajstić information content (AvgIpc) is 3.48. The monoisotopic (exact) mass is 551 g/mol. The van der Waals surface area contributed by atoms with Gasteiger partial charge in [0.1, 0.15) is 5.58 Å². The van der Waals surface area contributed by atoms with Crippen LogP contribution < -0.4 is 15.1 Å². The molecule has 0 amide bonds. The van der Waals surface area contributed by atoms with E-state index in [0.717, 1.165) is 67.1 Å². The van der Waals surface area contributed by atoms with Crippen molar-refractivity contribution in [1.82, 2.24) is 0 Å². The third-order valence-corrected chi connectivity index (χ3v) is 8.90. The van der Waals surface area contributed by atoms with E-state index >= 15 is 0 Å². The van der Waals surface area contributed by atoms with E-state index < -0.39 is 18.3 Å². The molecule has 6 aromatic rings. The summed E-state index contributed by atoms with van der Waals surface area (Å²) >= 11 is 0.